The van der Waals surface area contributed by atoms with Gasteiger partial charge in [-0.25, -0.2) is 0 Å². The van der Waals surface area contributed by atoms with Gasteiger partial charge in [0.1, 0.15) is 0 Å². The largest absolute Gasteiger partial charge is 0.416 e. The lowest BCUT2D eigenvalue weighted by Gasteiger charge is -2.18. The predicted molar refractivity (Wildman–Crippen MR) is 65.9 cm³/mol. The highest BCUT2D eigenvalue weighted by Crippen LogP contribution is 2.36. The van der Waals surface area contributed by atoms with Gasteiger partial charge >= 0.3 is 13.8 Å². The minimum absolute atomic E-state index is 0.132. The number of halogens is 3. The molecule has 0 bridgehead atoms. The van der Waals surface area contributed by atoms with E-state index in [0.717, 1.165) is 18.2 Å². The molecule has 0 spiro atoms. The number of alkyl halides is 3. The molecule has 0 radical (unpaired) electrons. The number of hydrogen-bond donors (Lipinski definition) is 4. The molecule has 0 aromatic heterocycles. The van der Waals surface area contributed by atoms with Crippen LogP contribution in [0.15, 0.2) is 18.2 Å². The molecule has 0 aliphatic heterocycles. The third-order valence-electron chi connectivity index (χ3n) is 2.29. The van der Waals surface area contributed by atoms with Crippen molar-refractivity contribution in [3.63, 3.8) is 0 Å². The van der Waals surface area contributed by atoms with E-state index in [4.69, 9.17) is 15.5 Å². The zero-order valence-corrected chi connectivity index (χ0v) is 10.9. The lowest BCUT2D eigenvalue weighted by molar-refractivity contribution is -0.137. The molecule has 0 aliphatic rings. The van der Waals surface area contributed by atoms with E-state index in [1.807, 2.05) is 0 Å². The van der Waals surface area contributed by atoms with Crippen molar-refractivity contribution in [3.8, 4) is 0 Å². The van der Waals surface area contributed by atoms with Gasteiger partial charge in [-0.2, -0.15) is 13.2 Å². The fourth-order valence-electron chi connectivity index (χ4n) is 1.54. The third kappa shape index (κ3) is 5.10. The van der Waals surface area contributed by atoms with Crippen LogP contribution in [0, 0.1) is 0 Å². The van der Waals surface area contributed by atoms with Gasteiger partial charge in [-0.05, 0) is 25.1 Å². The summed E-state index contributed by atoms with van der Waals surface area (Å²) in [5.41, 5.74) is 4.67. The molecular formula is C10H14F3N2O3P. The molecule has 9 heteroatoms. The summed E-state index contributed by atoms with van der Waals surface area (Å²) in [5, 5.41) is 2.66. The highest BCUT2D eigenvalue weighted by molar-refractivity contribution is 7.51. The van der Waals surface area contributed by atoms with Crippen LogP contribution in [0.25, 0.3) is 0 Å². The van der Waals surface area contributed by atoms with E-state index in [1.165, 1.54) is 6.92 Å². The third-order valence-corrected chi connectivity index (χ3v) is 3.32. The average molecular weight is 298 g/mol. The molecule has 5 N–H and O–H groups in total. The molecule has 0 saturated heterocycles. The molecule has 1 atom stereocenters. The number of rotatable bonds is 4. The van der Waals surface area contributed by atoms with Crippen LogP contribution in [-0.2, 0) is 10.7 Å². The highest BCUT2D eigenvalue weighted by atomic mass is 31.2. The molecule has 5 nitrogen and oxygen atoms in total. The van der Waals surface area contributed by atoms with E-state index >= 15 is 0 Å². The number of nitrogens with one attached hydrogen (secondary N) is 1. The van der Waals surface area contributed by atoms with Crippen LogP contribution >= 0.6 is 7.60 Å². The summed E-state index contributed by atoms with van der Waals surface area (Å²) in [6, 6.07) is 2.13. The Hall–Kier alpha value is -1.24. The van der Waals surface area contributed by atoms with Crippen LogP contribution in [0.3, 0.4) is 0 Å². The Morgan fingerprint density at radius 2 is 2.00 bits per heavy atom. The number of hydrogen-bond acceptors (Lipinski definition) is 3. The second-order valence-corrected chi connectivity index (χ2v) is 5.89. The minimum atomic E-state index is -4.48. The first-order valence-corrected chi connectivity index (χ1v) is 7.06. The van der Waals surface area contributed by atoms with Crippen molar-refractivity contribution in [1.82, 2.24) is 0 Å². The summed E-state index contributed by atoms with van der Waals surface area (Å²) < 4.78 is 48.0. The monoisotopic (exact) mass is 298 g/mol. The summed E-state index contributed by atoms with van der Waals surface area (Å²) in [6.07, 6.45) is -4.92. The van der Waals surface area contributed by atoms with Crippen molar-refractivity contribution in [2.75, 3.05) is 17.2 Å². The van der Waals surface area contributed by atoms with E-state index in [0.29, 0.717) is 0 Å². The van der Waals surface area contributed by atoms with Gasteiger partial charge < -0.3 is 20.8 Å². The van der Waals surface area contributed by atoms with Crippen LogP contribution in [0.5, 0.6) is 0 Å². The number of nitrogens with two attached hydrogens (primary N) is 1. The van der Waals surface area contributed by atoms with Gasteiger partial charge in [-0.15, -0.1) is 0 Å². The van der Waals surface area contributed by atoms with Gasteiger partial charge in [-0.1, -0.05) is 0 Å². The van der Waals surface area contributed by atoms with Gasteiger partial charge in [-0.3, -0.25) is 4.57 Å². The first-order chi connectivity index (χ1) is 8.49. The van der Waals surface area contributed by atoms with E-state index in [2.05, 4.69) is 5.32 Å². The van der Waals surface area contributed by atoms with Gasteiger partial charge in [0.2, 0.25) is 0 Å². The topological polar surface area (TPSA) is 95.6 Å². The highest BCUT2D eigenvalue weighted by Gasteiger charge is 2.31. The zero-order chi connectivity index (χ0) is 14.8. The van der Waals surface area contributed by atoms with Crippen LogP contribution in [0.4, 0.5) is 24.5 Å². The Balaban J connectivity index is 2.84. The van der Waals surface area contributed by atoms with Gasteiger partial charge in [0, 0.05) is 6.04 Å². The normalized spacial score (nSPS) is 14.2. The van der Waals surface area contributed by atoms with Crippen LogP contribution in [0.1, 0.15) is 12.5 Å². The summed E-state index contributed by atoms with van der Waals surface area (Å²) in [7, 11) is -4.19. The van der Waals surface area contributed by atoms with Crippen molar-refractivity contribution in [1.29, 1.82) is 0 Å². The Morgan fingerprint density at radius 1 is 1.42 bits per heavy atom. The lowest BCUT2D eigenvalue weighted by Crippen LogP contribution is -2.20. The molecular weight excluding hydrogens is 284 g/mol. The summed E-state index contributed by atoms with van der Waals surface area (Å²) in [5.74, 6) is 0. The number of benzene rings is 1. The molecule has 0 heterocycles. The second-order valence-electron chi connectivity index (χ2n) is 4.19. The van der Waals surface area contributed by atoms with E-state index < -0.39 is 31.5 Å². The first-order valence-electron chi connectivity index (χ1n) is 5.27. The SMILES string of the molecule is CC(CP(=O)(O)O)Nc1ccc(C(F)(F)F)cc1N. The molecule has 1 unspecified atom stereocenters. The van der Waals surface area contributed by atoms with E-state index in [1.54, 1.807) is 0 Å². The molecule has 1 rings (SSSR count). The lowest BCUT2D eigenvalue weighted by atomic mass is 10.1. The molecule has 108 valence electrons. The Morgan fingerprint density at radius 3 is 2.42 bits per heavy atom. The molecule has 0 fully saturated rings. The standard InChI is InChI=1S/C10H14F3N2O3P/c1-6(5-19(16,17)18)15-9-3-2-7(4-8(9)14)10(11,12)13/h2-4,6,15H,5,14H2,1H3,(H2,16,17,18). The fraction of sp³-hybridized carbons (Fsp3) is 0.400. The van der Waals surface area contributed by atoms with Gasteiger partial charge in [0.05, 0.1) is 23.1 Å². The first kappa shape index (κ1) is 15.8. The molecule has 1 aromatic carbocycles. The van der Waals surface area contributed by atoms with E-state index in [-0.39, 0.29) is 11.4 Å². The molecule has 0 amide bonds. The number of nitrogen functional groups attached to an aromatic ring is 1. The zero-order valence-electron chi connectivity index (χ0n) is 9.98. The second kappa shape index (κ2) is 5.40. The van der Waals surface area contributed by atoms with Crippen molar-refractivity contribution in [3.05, 3.63) is 23.8 Å². The van der Waals surface area contributed by atoms with Crippen molar-refractivity contribution in [2.45, 2.75) is 19.1 Å². The van der Waals surface area contributed by atoms with Gasteiger partial charge in [0.15, 0.2) is 0 Å². The average Bonchev–Trinajstić information content (AvgIpc) is 2.16. The minimum Gasteiger partial charge on any atom is -0.397 e. The Kier molecular flexibility index (Phi) is 4.50. The number of anilines is 2. The molecule has 0 saturated carbocycles. The van der Waals surface area contributed by atoms with Crippen molar-refractivity contribution in [2.24, 2.45) is 0 Å². The molecule has 0 aliphatic carbocycles. The Bertz CT molecular complexity index is 501. The molecule has 1 aromatic rings. The predicted octanol–water partition coefficient (Wildman–Crippen LogP) is 2.27. The van der Waals surface area contributed by atoms with Crippen LogP contribution in [0.2, 0.25) is 0 Å². The fourth-order valence-corrected chi connectivity index (χ4v) is 2.34. The Labute approximate surface area is 107 Å². The van der Waals surface area contributed by atoms with Gasteiger partial charge in [0.25, 0.3) is 0 Å². The maximum atomic E-state index is 12.4. The van der Waals surface area contributed by atoms with Crippen molar-refractivity contribution >= 4 is 19.0 Å². The van der Waals surface area contributed by atoms with E-state index in [9.17, 15) is 17.7 Å². The maximum absolute atomic E-state index is 12.4. The summed E-state index contributed by atoms with van der Waals surface area (Å²) in [6.45, 7) is 1.50. The molecule has 19 heavy (non-hydrogen) atoms. The van der Waals surface area contributed by atoms with Crippen molar-refractivity contribution < 1.29 is 27.5 Å². The summed E-state index contributed by atoms with van der Waals surface area (Å²) in [4.78, 5) is 17.6. The van der Waals surface area contributed by atoms with Crippen LogP contribution in [-0.4, -0.2) is 22.0 Å². The maximum Gasteiger partial charge on any atom is 0.416 e. The summed E-state index contributed by atoms with van der Waals surface area (Å²) >= 11 is 0. The smallest absolute Gasteiger partial charge is 0.397 e. The quantitative estimate of drug-likeness (QED) is 0.505. The van der Waals surface area contributed by atoms with Crippen LogP contribution < -0.4 is 11.1 Å².